The van der Waals surface area contributed by atoms with Crippen LogP contribution in [0, 0.1) is 0 Å². The van der Waals surface area contributed by atoms with Crippen LogP contribution in [0.4, 0.5) is 0 Å². The van der Waals surface area contributed by atoms with Crippen LogP contribution in [0.1, 0.15) is 30.4 Å². The van der Waals surface area contributed by atoms with Crippen molar-refractivity contribution in [3.63, 3.8) is 0 Å². The van der Waals surface area contributed by atoms with Gasteiger partial charge in [-0.25, -0.2) is 0 Å². The van der Waals surface area contributed by atoms with E-state index in [1.165, 1.54) is 6.92 Å². The molecule has 0 aliphatic carbocycles. The molecular weight excluding hydrogens is 302 g/mol. The first-order chi connectivity index (χ1) is 11.7. The fourth-order valence-electron chi connectivity index (χ4n) is 2.49. The van der Waals surface area contributed by atoms with Gasteiger partial charge in [0.2, 0.25) is 11.8 Å². The average Bonchev–Trinajstić information content (AvgIpc) is 2.60. The second-order valence-electron chi connectivity index (χ2n) is 5.66. The SMILES string of the molecule is CC(=O)NCCCNC(=O)C(Cc1cccnc1)c1ccccc1. The molecule has 0 radical (unpaired) electrons. The monoisotopic (exact) mass is 325 g/mol. The van der Waals surface area contributed by atoms with Crippen LogP contribution in [0.25, 0.3) is 0 Å². The number of aromatic nitrogens is 1. The zero-order valence-electron chi connectivity index (χ0n) is 13.9. The van der Waals surface area contributed by atoms with Crippen LogP contribution in [0.3, 0.4) is 0 Å². The van der Waals surface area contributed by atoms with Crippen molar-refractivity contribution in [3.8, 4) is 0 Å². The standard InChI is InChI=1S/C19H23N3O2/c1-15(23)21-11-6-12-22-19(24)18(17-8-3-2-4-9-17)13-16-7-5-10-20-14-16/h2-5,7-10,14,18H,6,11-13H2,1H3,(H,21,23)(H,22,24). The van der Waals surface area contributed by atoms with Crippen LogP contribution < -0.4 is 10.6 Å². The minimum absolute atomic E-state index is 0.00659. The lowest BCUT2D eigenvalue weighted by Crippen LogP contribution is -2.33. The third-order valence-corrected chi connectivity index (χ3v) is 3.71. The lowest BCUT2D eigenvalue weighted by Gasteiger charge is -2.17. The van der Waals surface area contributed by atoms with Crippen LogP contribution in [0.5, 0.6) is 0 Å². The average molecular weight is 325 g/mol. The zero-order chi connectivity index (χ0) is 17.2. The van der Waals surface area contributed by atoms with E-state index in [2.05, 4.69) is 15.6 Å². The normalized spacial score (nSPS) is 11.5. The van der Waals surface area contributed by atoms with Crippen molar-refractivity contribution in [2.45, 2.75) is 25.7 Å². The first-order valence-corrected chi connectivity index (χ1v) is 8.13. The van der Waals surface area contributed by atoms with Gasteiger partial charge in [-0.2, -0.15) is 0 Å². The molecule has 0 saturated heterocycles. The number of hydrogen-bond donors (Lipinski definition) is 2. The molecule has 5 nitrogen and oxygen atoms in total. The smallest absolute Gasteiger partial charge is 0.227 e. The molecule has 1 heterocycles. The van der Waals surface area contributed by atoms with E-state index in [9.17, 15) is 9.59 Å². The highest BCUT2D eigenvalue weighted by molar-refractivity contribution is 5.84. The molecule has 2 amide bonds. The van der Waals surface area contributed by atoms with Crippen LogP contribution in [-0.2, 0) is 16.0 Å². The lowest BCUT2D eigenvalue weighted by atomic mass is 9.92. The molecule has 5 heteroatoms. The summed E-state index contributed by atoms with van der Waals surface area (Å²) in [4.78, 5) is 27.6. The Hall–Kier alpha value is -2.69. The molecule has 24 heavy (non-hydrogen) atoms. The molecule has 1 atom stereocenters. The Balaban J connectivity index is 1.97. The maximum Gasteiger partial charge on any atom is 0.227 e. The van der Waals surface area contributed by atoms with Gasteiger partial charge in [0.1, 0.15) is 0 Å². The van der Waals surface area contributed by atoms with Gasteiger partial charge in [-0.3, -0.25) is 14.6 Å². The maximum absolute atomic E-state index is 12.6. The maximum atomic E-state index is 12.6. The van der Waals surface area contributed by atoms with E-state index in [1.54, 1.807) is 12.4 Å². The fourth-order valence-corrected chi connectivity index (χ4v) is 2.49. The Kier molecular flexibility index (Phi) is 6.95. The third kappa shape index (κ3) is 5.83. The Morgan fingerprint density at radius 2 is 1.79 bits per heavy atom. The van der Waals surface area contributed by atoms with Gasteiger partial charge in [-0.05, 0) is 30.0 Å². The van der Waals surface area contributed by atoms with E-state index in [4.69, 9.17) is 0 Å². The van der Waals surface area contributed by atoms with Crippen molar-refractivity contribution in [1.82, 2.24) is 15.6 Å². The van der Waals surface area contributed by atoms with Crippen LogP contribution >= 0.6 is 0 Å². The summed E-state index contributed by atoms with van der Waals surface area (Å²) >= 11 is 0. The number of pyridine rings is 1. The van der Waals surface area contributed by atoms with Gasteiger partial charge in [-0.15, -0.1) is 0 Å². The van der Waals surface area contributed by atoms with E-state index in [0.717, 1.165) is 11.1 Å². The molecule has 0 fully saturated rings. The Morgan fingerprint density at radius 3 is 2.46 bits per heavy atom. The molecule has 0 aliphatic rings. The largest absolute Gasteiger partial charge is 0.356 e. The van der Waals surface area contributed by atoms with Crippen molar-refractivity contribution in [3.05, 3.63) is 66.0 Å². The van der Waals surface area contributed by atoms with E-state index >= 15 is 0 Å². The first-order valence-electron chi connectivity index (χ1n) is 8.13. The fraction of sp³-hybridized carbons (Fsp3) is 0.316. The summed E-state index contributed by atoms with van der Waals surface area (Å²) in [6.07, 6.45) is 4.83. The minimum atomic E-state index is -0.254. The number of benzene rings is 1. The number of rotatable bonds is 8. The summed E-state index contributed by atoms with van der Waals surface area (Å²) in [6, 6.07) is 13.6. The summed E-state index contributed by atoms with van der Waals surface area (Å²) in [7, 11) is 0. The van der Waals surface area contributed by atoms with Gasteiger partial charge < -0.3 is 10.6 Å². The van der Waals surface area contributed by atoms with Crippen LogP contribution in [0.15, 0.2) is 54.9 Å². The Bertz CT molecular complexity index is 644. The summed E-state index contributed by atoms with van der Waals surface area (Å²) in [6.45, 7) is 2.58. The predicted molar refractivity (Wildman–Crippen MR) is 93.4 cm³/mol. The van der Waals surface area contributed by atoms with Crippen LogP contribution in [-0.4, -0.2) is 29.9 Å². The summed E-state index contributed by atoms with van der Waals surface area (Å²) in [5, 5.41) is 5.69. The van der Waals surface area contributed by atoms with Crippen molar-refractivity contribution in [2.75, 3.05) is 13.1 Å². The Labute approximate surface area is 142 Å². The molecule has 0 saturated carbocycles. The summed E-state index contributed by atoms with van der Waals surface area (Å²) < 4.78 is 0. The van der Waals surface area contributed by atoms with E-state index in [1.807, 2.05) is 42.5 Å². The molecule has 1 aromatic heterocycles. The summed E-state index contributed by atoms with van der Waals surface area (Å²) in [5.74, 6) is -0.316. The van der Waals surface area contributed by atoms with E-state index in [0.29, 0.717) is 25.9 Å². The van der Waals surface area contributed by atoms with Gasteiger partial charge in [0.25, 0.3) is 0 Å². The third-order valence-electron chi connectivity index (χ3n) is 3.71. The van der Waals surface area contributed by atoms with Crippen molar-refractivity contribution >= 4 is 11.8 Å². The van der Waals surface area contributed by atoms with E-state index in [-0.39, 0.29) is 17.7 Å². The molecule has 0 spiro atoms. The molecule has 126 valence electrons. The number of nitrogens with zero attached hydrogens (tertiary/aromatic N) is 1. The number of hydrogen-bond acceptors (Lipinski definition) is 3. The second kappa shape index (κ2) is 9.45. The highest BCUT2D eigenvalue weighted by Crippen LogP contribution is 2.20. The van der Waals surface area contributed by atoms with Crippen LogP contribution in [0.2, 0.25) is 0 Å². The van der Waals surface area contributed by atoms with Crippen molar-refractivity contribution in [1.29, 1.82) is 0 Å². The number of amides is 2. The predicted octanol–water partition coefficient (Wildman–Crippen LogP) is 2.05. The first kappa shape index (κ1) is 17.7. The van der Waals surface area contributed by atoms with Gasteiger partial charge in [-0.1, -0.05) is 36.4 Å². The number of carbonyl (C=O) groups is 2. The quantitative estimate of drug-likeness (QED) is 0.730. The molecule has 1 unspecified atom stereocenters. The van der Waals surface area contributed by atoms with Gasteiger partial charge in [0, 0.05) is 32.4 Å². The molecular formula is C19H23N3O2. The number of nitrogens with one attached hydrogen (secondary N) is 2. The minimum Gasteiger partial charge on any atom is -0.356 e. The zero-order valence-corrected chi connectivity index (χ0v) is 13.9. The highest BCUT2D eigenvalue weighted by Gasteiger charge is 2.20. The lowest BCUT2D eigenvalue weighted by molar-refractivity contribution is -0.122. The second-order valence-corrected chi connectivity index (χ2v) is 5.66. The van der Waals surface area contributed by atoms with Gasteiger partial charge >= 0.3 is 0 Å². The molecule has 0 aliphatic heterocycles. The molecule has 2 aromatic rings. The van der Waals surface area contributed by atoms with Gasteiger partial charge in [0.05, 0.1) is 5.92 Å². The van der Waals surface area contributed by atoms with Crippen molar-refractivity contribution in [2.24, 2.45) is 0 Å². The van der Waals surface area contributed by atoms with Gasteiger partial charge in [0.15, 0.2) is 0 Å². The van der Waals surface area contributed by atoms with Crippen molar-refractivity contribution < 1.29 is 9.59 Å². The molecule has 0 bridgehead atoms. The molecule has 1 aromatic carbocycles. The number of carbonyl (C=O) groups excluding carboxylic acids is 2. The van der Waals surface area contributed by atoms with E-state index < -0.39 is 0 Å². The highest BCUT2D eigenvalue weighted by atomic mass is 16.2. The summed E-state index contributed by atoms with van der Waals surface area (Å²) in [5.41, 5.74) is 2.01. The molecule has 2 N–H and O–H groups in total. The molecule has 2 rings (SSSR count). The Morgan fingerprint density at radius 1 is 1.04 bits per heavy atom. The topological polar surface area (TPSA) is 71.1 Å².